The van der Waals surface area contributed by atoms with Gasteiger partial charge in [-0.25, -0.2) is 9.67 Å². The summed E-state index contributed by atoms with van der Waals surface area (Å²) in [6, 6.07) is 6.02. The maximum Gasteiger partial charge on any atom is 0.146 e. The second-order valence-electron chi connectivity index (χ2n) is 3.47. The van der Waals surface area contributed by atoms with Gasteiger partial charge in [0.05, 0.1) is 6.54 Å². The minimum Gasteiger partial charge on any atom is -0.377 e. The zero-order valence-corrected chi connectivity index (χ0v) is 12.5. The number of nitrogens with zero attached hydrogens (tertiary/aromatic N) is 3. The van der Waals surface area contributed by atoms with Crippen molar-refractivity contribution in [2.75, 3.05) is 5.32 Å². The fraction of sp³-hybridized carbons (Fsp3) is 0.273. The van der Waals surface area contributed by atoms with Gasteiger partial charge >= 0.3 is 0 Å². The van der Waals surface area contributed by atoms with Crippen molar-refractivity contribution < 1.29 is 0 Å². The van der Waals surface area contributed by atoms with Crippen LogP contribution in [0.5, 0.6) is 0 Å². The Bertz CT molecular complexity index is 510. The van der Waals surface area contributed by atoms with Crippen LogP contribution in [0.25, 0.3) is 0 Å². The second-order valence-corrected chi connectivity index (χ2v) is 5.24. The Kier molecular flexibility index (Phi) is 4.17. The van der Waals surface area contributed by atoms with Crippen molar-refractivity contribution in [3.05, 3.63) is 39.3 Å². The van der Waals surface area contributed by atoms with E-state index in [1.165, 1.54) is 0 Å². The quantitative estimate of drug-likeness (QED) is 0.909. The lowest BCUT2D eigenvalue weighted by Gasteiger charge is -2.09. The molecule has 17 heavy (non-hydrogen) atoms. The summed E-state index contributed by atoms with van der Waals surface area (Å²) in [4.78, 5) is 4.21. The number of aryl methyl sites for hydroxylation is 1. The summed E-state index contributed by atoms with van der Waals surface area (Å²) in [5, 5.41) is 7.46. The van der Waals surface area contributed by atoms with Crippen LogP contribution in [0.1, 0.15) is 12.7 Å². The van der Waals surface area contributed by atoms with E-state index in [-0.39, 0.29) is 0 Å². The zero-order valence-electron chi connectivity index (χ0n) is 9.32. The first-order chi connectivity index (χ1) is 8.20. The van der Waals surface area contributed by atoms with Gasteiger partial charge in [0.15, 0.2) is 0 Å². The van der Waals surface area contributed by atoms with E-state index in [4.69, 9.17) is 0 Å². The van der Waals surface area contributed by atoms with Crippen molar-refractivity contribution in [3.63, 3.8) is 0 Å². The molecule has 0 radical (unpaired) electrons. The van der Waals surface area contributed by atoms with Crippen LogP contribution in [0, 0.1) is 0 Å². The number of hydrogen-bond donors (Lipinski definition) is 1. The summed E-state index contributed by atoms with van der Waals surface area (Å²) < 4.78 is 3.95. The number of rotatable bonds is 4. The van der Waals surface area contributed by atoms with E-state index in [0.717, 1.165) is 27.0 Å². The molecule has 90 valence electrons. The highest BCUT2D eigenvalue weighted by Gasteiger charge is 2.04. The molecule has 2 rings (SSSR count). The molecule has 0 saturated heterocycles. The van der Waals surface area contributed by atoms with E-state index < -0.39 is 0 Å². The van der Waals surface area contributed by atoms with Crippen molar-refractivity contribution in [1.29, 1.82) is 0 Å². The van der Waals surface area contributed by atoms with E-state index in [1.54, 1.807) is 6.33 Å². The van der Waals surface area contributed by atoms with Crippen molar-refractivity contribution in [3.8, 4) is 0 Å². The minimum absolute atomic E-state index is 0.661. The number of aromatic nitrogens is 3. The van der Waals surface area contributed by atoms with E-state index >= 15 is 0 Å². The summed E-state index contributed by atoms with van der Waals surface area (Å²) in [6.07, 6.45) is 1.58. The van der Waals surface area contributed by atoms with Gasteiger partial charge in [0, 0.05) is 21.2 Å². The number of nitrogens with one attached hydrogen (secondary N) is 1. The number of anilines is 1. The topological polar surface area (TPSA) is 42.7 Å². The largest absolute Gasteiger partial charge is 0.377 e. The Labute approximate surface area is 117 Å². The first-order valence-electron chi connectivity index (χ1n) is 5.26. The molecule has 4 nitrogen and oxygen atoms in total. The Hall–Kier alpha value is -0.880. The summed E-state index contributed by atoms with van der Waals surface area (Å²) in [5.41, 5.74) is 1.04. The second kappa shape index (κ2) is 5.64. The van der Waals surface area contributed by atoms with Crippen LogP contribution in [-0.2, 0) is 13.1 Å². The molecule has 0 aliphatic heterocycles. The lowest BCUT2D eigenvalue weighted by molar-refractivity contribution is 0.622. The molecule has 2 aromatic rings. The van der Waals surface area contributed by atoms with E-state index in [1.807, 2.05) is 29.8 Å². The number of hydrogen-bond acceptors (Lipinski definition) is 3. The highest BCUT2D eigenvalue weighted by Crippen LogP contribution is 2.26. The summed E-state index contributed by atoms with van der Waals surface area (Å²) in [7, 11) is 0. The molecule has 6 heteroatoms. The minimum atomic E-state index is 0.661. The van der Waals surface area contributed by atoms with Crippen LogP contribution in [-0.4, -0.2) is 14.8 Å². The molecule has 0 aliphatic carbocycles. The number of halogens is 2. The van der Waals surface area contributed by atoms with Gasteiger partial charge in [-0.1, -0.05) is 15.9 Å². The van der Waals surface area contributed by atoms with Crippen LogP contribution in [0.3, 0.4) is 0 Å². The van der Waals surface area contributed by atoms with Crippen LogP contribution in [0.4, 0.5) is 5.69 Å². The molecule has 1 aromatic heterocycles. The maximum atomic E-state index is 4.21. The fourth-order valence-corrected chi connectivity index (χ4v) is 2.68. The van der Waals surface area contributed by atoms with Gasteiger partial charge in [-0.3, -0.25) is 0 Å². The van der Waals surface area contributed by atoms with Crippen molar-refractivity contribution in [1.82, 2.24) is 14.8 Å². The van der Waals surface area contributed by atoms with Gasteiger partial charge in [-0.2, -0.15) is 5.10 Å². The van der Waals surface area contributed by atoms with Crippen LogP contribution in [0.15, 0.2) is 33.5 Å². The molecule has 0 spiro atoms. The monoisotopic (exact) mass is 358 g/mol. The third-order valence-electron chi connectivity index (χ3n) is 2.36. The lowest BCUT2D eigenvalue weighted by atomic mass is 10.3. The molecule has 0 aliphatic rings. The van der Waals surface area contributed by atoms with Gasteiger partial charge < -0.3 is 5.32 Å². The highest BCUT2D eigenvalue weighted by atomic mass is 79.9. The molecule has 1 heterocycles. The Morgan fingerprint density at radius 2 is 2.18 bits per heavy atom. The van der Waals surface area contributed by atoms with E-state index in [0.29, 0.717) is 6.54 Å². The third kappa shape index (κ3) is 3.07. The molecule has 1 N–H and O–H groups in total. The van der Waals surface area contributed by atoms with E-state index in [2.05, 4.69) is 47.3 Å². The zero-order chi connectivity index (χ0) is 12.3. The molecule has 0 saturated carbocycles. The van der Waals surface area contributed by atoms with Gasteiger partial charge in [0.1, 0.15) is 12.2 Å². The lowest BCUT2D eigenvalue weighted by Crippen LogP contribution is -2.09. The first-order valence-corrected chi connectivity index (χ1v) is 6.85. The normalized spacial score (nSPS) is 10.5. The van der Waals surface area contributed by atoms with Crippen LogP contribution < -0.4 is 5.32 Å². The van der Waals surface area contributed by atoms with Gasteiger partial charge in [-0.15, -0.1) is 0 Å². The SMILES string of the molecule is CCn1ncnc1CNc1ccc(Br)cc1Br. The molecule has 0 atom stereocenters. The number of benzene rings is 1. The molecule has 0 amide bonds. The highest BCUT2D eigenvalue weighted by molar-refractivity contribution is 9.11. The molecule has 0 bridgehead atoms. The van der Waals surface area contributed by atoms with Gasteiger partial charge in [0.2, 0.25) is 0 Å². The van der Waals surface area contributed by atoms with Gasteiger partial charge in [-0.05, 0) is 41.1 Å². The maximum absolute atomic E-state index is 4.21. The van der Waals surface area contributed by atoms with Crippen LogP contribution >= 0.6 is 31.9 Å². The Morgan fingerprint density at radius 1 is 1.35 bits per heavy atom. The Morgan fingerprint density at radius 3 is 2.88 bits per heavy atom. The average Bonchev–Trinajstić information content (AvgIpc) is 2.75. The summed E-state index contributed by atoms with van der Waals surface area (Å²) >= 11 is 6.94. The predicted molar refractivity (Wildman–Crippen MR) is 74.9 cm³/mol. The van der Waals surface area contributed by atoms with Gasteiger partial charge in [0.25, 0.3) is 0 Å². The summed E-state index contributed by atoms with van der Waals surface area (Å²) in [6.45, 7) is 3.54. The Balaban J connectivity index is 2.07. The van der Waals surface area contributed by atoms with Crippen molar-refractivity contribution >= 4 is 37.5 Å². The average molecular weight is 360 g/mol. The van der Waals surface area contributed by atoms with E-state index in [9.17, 15) is 0 Å². The predicted octanol–water partition coefficient (Wildman–Crippen LogP) is 3.44. The van der Waals surface area contributed by atoms with Crippen LogP contribution in [0.2, 0.25) is 0 Å². The molecule has 0 unspecified atom stereocenters. The first kappa shape index (κ1) is 12.6. The standard InChI is InChI=1S/C11H12Br2N4/c1-2-17-11(15-7-16-17)6-14-10-4-3-8(12)5-9(10)13/h3-5,7,14H,2,6H2,1H3. The smallest absolute Gasteiger partial charge is 0.146 e. The van der Waals surface area contributed by atoms with Crippen molar-refractivity contribution in [2.24, 2.45) is 0 Å². The molecule has 0 fully saturated rings. The molecular formula is C11H12Br2N4. The molecule has 1 aromatic carbocycles. The third-order valence-corrected chi connectivity index (χ3v) is 3.51. The summed E-state index contributed by atoms with van der Waals surface area (Å²) in [5.74, 6) is 0.933. The molecular weight excluding hydrogens is 348 g/mol. The fourth-order valence-electron chi connectivity index (χ4n) is 1.50. The van der Waals surface area contributed by atoms with Crippen molar-refractivity contribution in [2.45, 2.75) is 20.0 Å².